The van der Waals surface area contributed by atoms with E-state index in [1.165, 1.54) is 19.2 Å². The minimum Gasteiger partial charge on any atom is -0.496 e. The second-order valence-corrected chi connectivity index (χ2v) is 6.27. The highest BCUT2D eigenvalue weighted by molar-refractivity contribution is 5.78. The Hall–Kier alpha value is -3.49. The molecule has 0 aliphatic carbocycles. The van der Waals surface area contributed by atoms with Crippen LogP contribution >= 0.6 is 0 Å². The summed E-state index contributed by atoms with van der Waals surface area (Å²) in [5.74, 6) is 1.41. The molecule has 0 radical (unpaired) electrons. The smallest absolute Gasteiger partial charge is 0.314 e. The molecular formula is C20H22N2O7. The molecule has 1 aliphatic rings. The largest absolute Gasteiger partial charge is 0.496 e. The molecule has 9 heteroatoms. The summed E-state index contributed by atoms with van der Waals surface area (Å²) in [6.07, 6.45) is 0. The lowest BCUT2D eigenvalue weighted by molar-refractivity contribution is -0.385. The molecule has 154 valence electrons. The molecule has 0 bridgehead atoms. The Morgan fingerprint density at radius 2 is 1.93 bits per heavy atom. The van der Waals surface area contributed by atoms with E-state index in [-0.39, 0.29) is 24.0 Å². The molecule has 0 saturated carbocycles. The van der Waals surface area contributed by atoms with Gasteiger partial charge in [-0.3, -0.25) is 14.9 Å². The van der Waals surface area contributed by atoms with Crippen LogP contribution in [-0.4, -0.2) is 49.2 Å². The van der Waals surface area contributed by atoms with Crippen molar-refractivity contribution in [3.05, 3.63) is 52.1 Å². The average Bonchev–Trinajstić information content (AvgIpc) is 2.75. The Morgan fingerprint density at radius 1 is 1.17 bits per heavy atom. The van der Waals surface area contributed by atoms with Crippen LogP contribution in [0.4, 0.5) is 5.69 Å². The highest BCUT2D eigenvalue weighted by Crippen LogP contribution is 2.32. The van der Waals surface area contributed by atoms with E-state index in [0.29, 0.717) is 43.6 Å². The Labute approximate surface area is 167 Å². The van der Waals surface area contributed by atoms with E-state index in [0.717, 1.165) is 5.56 Å². The van der Waals surface area contributed by atoms with Crippen molar-refractivity contribution in [2.75, 3.05) is 33.5 Å². The van der Waals surface area contributed by atoms with Gasteiger partial charge in [0, 0.05) is 13.1 Å². The third-order valence-corrected chi connectivity index (χ3v) is 4.43. The molecule has 2 aromatic rings. The van der Waals surface area contributed by atoms with Gasteiger partial charge < -0.3 is 23.8 Å². The van der Waals surface area contributed by atoms with Gasteiger partial charge in [-0.2, -0.15) is 0 Å². The number of hydrogen-bond acceptors (Lipinski definition) is 7. The van der Waals surface area contributed by atoms with E-state index in [1.807, 2.05) is 25.1 Å². The van der Waals surface area contributed by atoms with Crippen LogP contribution in [0.3, 0.4) is 0 Å². The number of carbonyl (C=O) groups excluding carboxylic acids is 1. The lowest BCUT2D eigenvalue weighted by atomic mass is 10.1. The number of benzene rings is 2. The first kappa shape index (κ1) is 20.2. The molecule has 0 saturated heterocycles. The normalized spacial score (nSPS) is 12.2. The number of nitro benzene ring substituents is 1. The first-order valence-corrected chi connectivity index (χ1v) is 9.13. The number of nitrogens with zero attached hydrogens (tertiary/aromatic N) is 2. The number of likely N-dealkylation sites (N-methyl/N-ethyl adjacent to an activating group) is 1. The van der Waals surface area contributed by atoms with E-state index in [4.69, 9.17) is 18.9 Å². The van der Waals surface area contributed by atoms with E-state index < -0.39 is 4.92 Å². The summed E-state index contributed by atoms with van der Waals surface area (Å²) < 4.78 is 21.5. The van der Waals surface area contributed by atoms with Crippen LogP contribution in [0.1, 0.15) is 12.5 Å². The van der Waals surface area contributed by atoms with Crippen LogP contribution in [0, 0.1) is 10.1 Å². The Bertz CT molecular complexity index is 900. The Balaban J connectivity index is 1.65. The molecule has 1 heterocycles. The SMILES string of the molecule is CCN(Cc1ccc2c(c1)OCCO2)C(=O)COc1ccc(OC)cc1[N+](=O)[O-]. The van der Waals surface area contributed by atoms with Gasteiger partial charge in [-0.15, -0.1) is 0 Å². The van der Waals surface area contributed by atoms with Gasteiger partial charge >= 0.3 is 5.69 Å². The number of carbonyl (C=O) groups is 1. The van der Waals surface area contributed by atoms with Gasteiger partial charge in [0.05, 0.1) is 18.1 Å². The zero-order valence-corrected chi connectivity index (χ0v) is 16.3. The van der Waals surface area contributed by atoms with Crippen LogP contribution in [0.25, 0.3) is 0 Å². The number of amides is 1. The van der Waals surface area contributed by atoms with Crippen LogP contribution in [0.15, 0.2) is 36.4 Å². The second-order valence-electron chi connectivity index (χ2n) is 6.27. The van der Waals surface area contributed by atoms with Crippen LogP contribution in [0.2, 0.25) is 0 Å². The topological polar surface area (TPSA) is 100 Å². The van der Waals surface area contributed by atoms with Gasteiger partial charge in [-0.05, 0) is 36.8 Å². The van der Waals surface area contributed by atoms with Crippen molar-refractivity contribution in [1.82, 2.24) is 4.90 Å². The quantitative estimate of drug-likeness (QED) is 0.494. The fraction of sp³-hybridized carbons (Fsp3) is 0.350. The molecule has 29 heavy (non-hydrogen) atoms. The fourth-order valence-electron chi connectivity index (χ4n) is 2.90. The number of nitro groups is 1. The molecule has 2 aromatic carbocycles. The summed E-state index contributed by atoms with van der Waals surface area (Å²) in [7, 11) is 1.42. The van der Waals surface area contributed by atoms with Gasteiger partial charge in [-0.1, -0.05) is 6.07 Å². The van der Waals surface area contributed by atoms with Crippen molar-refractivity contribution in [3.8, 4) is 23.0 Å². The summed E-state index contributed by atoms with van der Waals surface area (Å²) in [5, 5.41) is 11.2. The summed E-state index contributed by atoms with van der Waals surface area (Å²) >= 11 is 0. The van der Waals surface area contributed by atoms with Crippen molar-refractivity contribution < 1.29 is 28.7 Å². The lowest BCUT2D eigenvalue weighted by Gasteiger charge is -2.23. The number of hydrogen-bond donors (Lipinski definition) is 0. The predicted molar refractivity (Wildman–Crippen MR) is 104 cm³/mol. The standard InChI is InChI=1S/C20H22N2O7/c1-3-21(12-14-4-6-18-19(10-14)28-9-8-27-18)20(23)13-29-17-7-5-15(26-2)11-16(17)22(24)25/h4-7,10-11H,3,8-9,12-13H2,1-2H3. The average molecular weight is 402 g/mol. The molecule has 0 N–H and O–H groups in total. The second kappa shape index (κ2) is 9.13. The third-order valence-electron chi connectivity index (χ3n) is 4.43. The number of rotatable bonds is 8. The monoisotopic (exact) mass is 402 g/mol. The summed E-state index contributed by atoms with van der Waals surface area (Å²) in [4.78, 5) is 24.9. The Kier molecular flexibility index (Phi) is 6.38. The molecule has 0 unspecified atom stereocenters. The van der Waals surface area contributed by atoms with Crippen LogP contribution in [-0.2, 0) is 11.3 Å². The van der Waals surface area contributed by atoms with Gasteiger partial charge in [0.15, 0.2) is 23.9 Å². The number of ether oxygens (including phenoxy) is 4. The van der Waals surface area contributed by atoms with Gasteiger partial charge in [0.1, 0.15) is 19.0 Å². The van der Waals surface area contributed by atoms with E-state index in [2.05, 4.69) is 0 Å². The maximum Gasteiger partial charge on any atom is 0.314 e. The maximum absolute atomic E-state index is 12.6. The molecule has 0 spiro atoms. The van der Waals surface area contributed by atoms with Crippen LogP contribution in [0.5, 0.6) is 23.0 Å². The fourth-order valence-corrected chi connectivity index (χ4v) is 2.90. The minimum atomic E-state index is -0.574. The zero-order chi connectivity index (χ0) is 20.8. The lowest BCUT2D eigenvalue weighted by Crippen LogP contribution is -2.34. The first-order chi connectivity index (χ1) is 14.0. The maximum atomic E-state index is 12.6. The number of methoxy groups -OCH3 is 1. The van der Waals surface area contributed by atoms with E-state index in [1.54, 1.807) is 11.0 Å². The highest BCUT2D eigenvalue weighted by Gasteiger charge is 2.20. The van der Waals surface area contributed by atoms with E-state index >= 15 is 0 Å². The molecule has 1 aliphatic heterocycles. The molecule has 0 aromatic heterocycles. The number of fused-ring (bicyclic) bond motifs is 1. The van der Waals surface area contributed by atoms with Crippen molar-refractivity contribution in [1.29, 1.82) is 0 Å². The molecule has 1 amide bonds. The molecule has 3 rings (SSSR count). The van der Waals surface area contributed by atoms with Crippen molar-refractivity contribution in [2.24, 2.45) is 0 Å². The van der Waals surface area contributed by atoms with Gasteiger partial charge in [0.25, 0.3) is 5.91 Å². The van der Waals surface area contributed by atoms with Crippen LogP contribution < -0.4 is 18.9 Å². The molecule has 9 nitrogen and oxygen atoms in total. The summed E-state index contributed by atoms with van der Waals surface area (Å²) in [6, 6.07) is 9.76. The minimum absolute atomic E-state index is 0.0135. The van der Waals surface area contributed by atoms with Gasteiger partial charge in [-0.25, -0.2) is 0 Å². The predicted octanol–water partition coefficient (Wildman–Crippen LogP) is 2.80. The first-order valence-electron chi connectivity index (χ1n) is 9.13. The van der Waals surface area contributed by atoms with E-state index in [9.17, 15) is 14.9 Å². The summed E-state index contributed by atoms with van der Waals surface area (Å²) in [6.45, 7) is 3.36. The molecule has 0 atom stereocenters. The molecule has 0 fully saturated rings. The van der Waals surface area contributed by atoms with Crippen molar-refractivity contribution in [2.45, 2.75) is 13.5 Å². The summed E-state index contributed by atoms with van der Waals surface area (Å²) in [5.41, 5.74) is 0.631. The molecular weight excluding hydrogens is 380 g/mol. The zero-order valence-electron chi connectivity index (χ0n) is 16.3. The van der Waals surface area contributed by atoms with Crippen molar-refractivity contribution in [3.63, 3.8) is 0 Å². The highest BCUT2D eigenvalue weighted by atomic mass is 16.6. The third kappa shape index (κ3) is 4.87. The Morgan fingerprint density at radius 3 is 2.62 bits per heavy atom. The van der Waals surface area contributed by atoms with Gasteiger partial charge in [0.2, 0.25) is 0 Å². The van der Waals surface area contributed by atoms with Crippen molar-refractivity contribution >= 4 is 11.6 Å².